The van der Waals surface area contributed by atoms with Gasteiger partial charge in [0.15, 0.2) is 0 Å². The average molecular weight is 298 g/mol. The van der Waals surface area contributed by atoms with Crippen LogP contribution in [0, 0.1) is 0 Å². The Morgan fingerprint density at radius 2 is 2.20 bits per heavy atom. The summed E-state index contributed by atoms with van der Waals surface area (Å²) < 4.78 is 26.4. The zero-order chi connectivity index (χ0) is 14.8. The first-order chi connectivity index (χ1) is 9.46. The number of nitrogens with zero attached hydrogens (tertiary/aromatic N) is 2. The number of nitrogens with two attached hydrogens (primary N) is 1. The maximum Gasteiger partial charge on any atom is 0.245 e. The van der Waals surface area contributed by atoms with Crippen LogP contribution < -0.4 is 11.1 Å². The van der Waals surface area contributed by atoms with E-state index in [9.17, 15) is 13.2 Å². The predicted molar refractivity (Wildman–Crippen MR) is 74.2 cm³/mol. The summed E-state index contributed by atoms with van der Waals surface area (Å²) in [4.78, 5) is 15.7. The van der Waals surface area contributed by atoms with Gasteiger partial charge in [-0.1, -0.05) is 6.42 Å². The van der Waals surface area contributed by atoms with Crippen molar-refractivity contribution < 1.29 is 13.2 Å². The maximum absolute atomic E-state index is 12.6. The van der Waals surface area contributed by atoms with Gasteiger partial charge in [-0.3, -0.25) is 4.79 Å². The highest BCUT2D eigenvalue weighted by molar-refractivity contribution is 7.89. The molecule has 1 saturated heterocycles. The molecule has 0 spiro atoms. The van der Waals surface area contributed by atoms with Crippen LogP contribution in [0.5, 0.6) is 0 Å². The number of likely N-dealkylation sites (N-methyl/N-ethyl adjacent to an activating group) is 1. The molecule has 8 heteroatoms. The Kier molecular flexibility index (Phi) is 4.24. The van der Waals surface area contributed by atoms with Gasteiger partial charge in [-0.25, -0.2) is 13.4 Å². The lowest BCUT2D eigenvalue weighted by Crippen LogP contribution is -2.51. The second-order valence-corrected chi connectivity index (χ2v) is 6.55. The van der Waals surface area contributed by atoms with Gasteiger partial charge in [-0.2, -0.15) is 4.31 Å². The summed E-state index contributed by atoms with van der Waals surface area (Å²) in [5.74, 6) is -0.0258. The maximum atomic E-state index is 12.6. The van der Waals surface area contributed by atoms with E-state index in [-0.39, 0.29) is 16.6 Å². The summed E-state index contributed by atoms with van der Waals surface area (Å²) in [5.41, 5.74) is 5.46. The van der Waals surface area contributed by atoms with Gasteiger partial charge in [0.1, 0.15) is 16.8 Å². The van der Waals surface area contributed by atoms with Gasteiger partial charge in [-0.15, -0.1) is 0 Å². The lowest BCUT2D eigenvalue weighted by Gasteiger charge is -2.33. The van der Waals surface area contributed by atoms with Gasteiger partial charge < -0.3 is 11.1 Å². The fourth-order valence-corrected chi connectivity index (χ4v) is 3.90. The van der Waals surface area contributed by atoms with Crippen molar-refractivity contribution in [2.75, 3.05) is 19.3 Å². The van der Waals surface area contributed by atoms with Crippen LogP contribution in [-0.2, 0) is 14.8 Å². The second-order valence-electron chi connectivity index (χ2n) is 4.66. The second kappa shape index (κ2) is 5.76. The first kappa shape index (κ1) is 14.7. The van der Waals surface area contributed by atoms with Gasteiger partial charge >= 0.3 is 0 Å². The molecule has 0 radical (unpaired) electrons. The Hall–Kier alpha value is -1.67. The van der Waals surface area contributed by atoms with E-state index < -0.39 is 16.1 Å². The van der Waals surface area contributed by atoms with E-state index >= 15 is 0 Å². The van der Waals surface area contributed by atoms with E-state index in [2.05, 4.69) is 10.3 Å². The molecule has 0 bridgehead atoms. The lowest BCUT2D eigenvalue weighted by atomic mass is 10.0. The standard InChI is InChI=1S/C12H18N4O3S/c1-14-12(17)10-4-2-3-7-16(10)20(18,19)9-5-6-11(13)15-8-9/h5-6,8,10H,2-4,7H2,1H3,(H2,13,15)(H,14,17). The Labute approximate surface area is 118 Å². The number of hydrogen-bond donors (Lipinski definition) is 2. The van der Waals surface area contributed by atoms with Crippen molar-refractivity contribution in [3.05, 3.63) is 18.3 Å². The number of carbonyl (C=O) groups is 1. The summed E-state index contributed by atoms with van der Waals surface area (Å²) in [6, 6.07) is 2.19. The minimum atomic E-state index is -3.73. The van der Waals surface area contributed by atoms with Crippen LogP contribution in [0.15, 0.2) is 23.2 Å². The Balaban J connectivity index is 2.35. The number of nitrogen functional groups attached to an aromatic ring is 1. The largest absolute Gasteiger partial charge is 0.384 e. The number of aromatic nitrogens is 1. The van der Waals surface area contributed by atoms with E-state index in [1.54, 1.807) is 0 Å². The van der Waals surface area contributed by atoms with Gasteiger partial charge in [-0.05, 0) is 25.0 Å². The normalized spacial score (nSPS) is 20.6. The topological polar surface area (TPSA) is 105 Å². The lowest BCUT2D eigenvalue weighted by molar-refractivity contribution is -0.125. The number of amides is 1. The molecular formula is C12H18N4O3S. The fraction of sp³-hybridized carbons (Fsp3) is 0.500. The third kappa shape index (κ3) is 2.75. The van der Waals surface area contributed by atoms with Crippen LogP contribution in [0.4, 0.5) is 5.82 Å². The molecule has 1 atom stereocenters. The van der Waals surface area contributed by atoms with Gasteiger partial charge in [0.25, 0.3) is 0 Å². The summed E-state index contributed by atoms with van der Waals surface area (Å²) in [6.07, 6.45) is 3.33. The van der Waals surface area contributed by atoms with Crippen LogP contribution in [0.1, 0.15) is 19.3 Å². The molecule has 3 N–H and O–H groups in total. The Bertz CT molecular complexity index is 585. The van der Waals surface area contributed by atoms with E-state index in [1.807, 2.05) is 0 Å². The molecule has 1 aliphatic heterocycles. The predicted octanol–water partition coefficient (Wildman–Crippen LogP) is -0.0470. The van der Waals surface area contributed by atoms with Crippen molar-refractivity contribution in [2.45, 2.75) is 30.2 Å². The van der Waals surface area contributed by atoms with Crippen LogP contribution in [0.25, 0.3) is 0 Å². The number of sulfonamides is 1. The molecule has 110 valence electrons. The van der Waals surface area contributed by atoms with E-state index in [0.717, 1.165) is 12.8 Å². The van der Waals surface area contributed by atoms with E-state index in [4.69, 9.17) is 5.73 Å². The van der Waals surface area contributed by atoms with Crippen molar-refractivity contribution in [2.24, 2.45) is 0 Å². The molecule has 0 aromatic carbocycles. The van der Waals surface area contributed by atoms with Crippen LogP contribution >= 0.6 is 0 Å². The molecule has 1 aromatic heterocycles. The molecule has 7 nitrogen and oxygen atoms in total. The highest BCUT2D eigenvalue weighted by atomic mass is 32.2. The zero-order valence-electron chi connectivity index (χ0n) is 11.2. The number of hydrogen-bond acceptors (Lipinski definition) is 5. The number of carbonyl (C=O) groups excluding carboxylic acids is 1. The number of piperidine rings is 1. The Morgan fingerprint density at radius 1 is 1.45 bits per heavy atom. The molecule has 1 unspecified atom stereocenters. The SMILES string of the molecule is CNC(=O)C1CCCCN1S(=O)(=O)c1ccc(N)nc1. The fourth-order valence-electron chi connectivity index (χ4n) is 2.30. The van der Waals surface area contributed by atoms with Gasteiger partial charge in [0.2, 0.25) is 15.9 Å². The van der Waals surface area contributed by atoms with Crippen LogP contribution in [0.3, 0.4) is 0 Å². The molecular weight excluding hydrogens is 280 g/mol. The molecule has 2 heterocycles. The van der Waals surface area contributed by atoms with E-state index in [0.29, 0.717) is 13.0 Å². The third-order valence-corrected chi connectivity index (χ3v) is 5.26. The minimum absolute atomic E-state index is 0.0579. The number of pyridine rings is 1. The average Bonchev–Trinajstić information content (AvgIpc) is 2.47. The number of rotatable bonds is 3. The molecule has 1 fully saturated rings. The zero-order valence-corrected chi connectivity index (χ0v) is 12.1. The quantitative estimate of drug-likeness (QED) is 0.814. The molecule has 20 heavy (non-hydrogen) atoms. The van der Waals surface area contributed by atoms with Crippen molar-refractivity contribution in [1.29, 1.82) is 0 Å². The molecule has 0 aliphatic carbocycles. The summed E-state index contributed by atoms with van der Waals surface area (Å²) >= 11 is 0. The highest BCUT2D eigenvalue weighted by Gasteiger charge is 2.37. The molecule has 2 rings (SSSR count). The van der Waals surface area contributed by atoms with Crippen LogP contribution in [0.2, 0.25) is 0 Å². The molecule has 1 aromatic rings. The third-order valence-electron chi connectivity index (χ3n) is 3.37. The monoisotopic (exact) mass is 298 g/mol. The highest BCUT2D eigenvalue weighted by Crippen LogP contribution is 2.25. The summed E-state index contributed by atoms with van der Waals surface area (Å²) in [6.45, 7) is 0.338. The van der Waals surface area contributed by atoms with Crippen LogP contribution in [-0.4, -0.2) is 43.2 Å². The van der Waals surface area contributed by atoms with Crippen molar-refractivity contribution in [3.63, 3.8) is 0 Å². The molecule has 0 saturated carbocycles. The first-order valence-corrected chi connectivity index (χ1v) is 7.86. The summed E-state index contributed by atoms with van der Waals surface area (Å²) in [5, 5.41) is 2.52. The summed E-state index contributed by atoms with van der Waals surface area (Å²) in [7, 11) is -2.22. The van der Waals surface area contributed by atoms with Gasteiger partial charge in [0.05, 0.1) is 0 Å². The minimum Gasteiger partial charge on any atom is -0.384 e. The number of nitrogens with one attached hydrogen (secondary N) is 1. The van der Waals surface area contributed by atoms with E-state index in [1.165, 1.54) is 29.7 Å². The number of anilines is 1. The molecule has 1 amide bonds. The van der Waals surface area contributed by atoms with Gasteiger partial charge in [0, 0.05) is 19.8 Å². The van der Waals surface area contributed by atoms with Crippen molar-refractivity contribution >= 4 is 21.7 Å². The molecule has 1 aliphatic rings. The van der Waals surface area contributed by atoms with Crippen molar-refractivity contribution in [3.8, 4) is 0 Å². The first-order valence-electron chi connectivity index (χ1n) is 6.42. The van der Waals surface area contributed by atoms with Crippen molar-refractivity contribution in [1.82, 2.24) is 14.6 Å². The Morgan fingerprint density at radius 3 is 2.80 bits per heavy atom. The smallest absolute Gasteiger partial charge is 0.245 e.